The highest BCUT2D eigenvalue weighted by molar-refractivity contribution is 7.15. The number of aliphatic hydroxyl groups is 1. The summed E-state index contributed by atoms with van der Waals surface area (Å²) < 4.78 is 5.36. The topological polar surface area (TPSA) is 119 Å². The summed E-state index contributed by atoms with van der Waals surface area (Å²) in [5, 5.41) is 25.5. The van der Waals surface area contributed by atoms with Gasteiger partial charge in [-0.25, -0.2) is 4.98 Å². The van der Waals surface area contributed by atoms with Gasteiger partial charge in [0, 0.05) is 43.4 Å². The van der Waals surface area contributed by atoms with Crippen LogP contribution in [-0.4, -0.2) is 56.7 Å². The van der Waals surface area contributed by atoms with Crippen molar-refractivity contribution >= 4 is 28.2 Å². The number of anilines is 3. The lowest BCUT2D eigenvalue weighted by molar-refractivity contribution is 0.0369. The van der Waals surface area contributed by atoms with Crippen molar-refractivity contribution in [1.29, 1.82) is 5.26 Å². The summed E-state index contributed by atoms with van der Waals surface area (Å²) in [5.41, 5.74) is 0. The van der Waals surface area contributed by atoms with Gasteiger partial charge in [-0.05, 0) is 25.7 Å². The van der Waals surface area contributed by atoms with Crippen LogP contribution in [0.25, 0.3) is 0 Å². The maximum Gasteiger partial charge on any atom is 0.228 e. The Morgan fingerprint density at radius 1 is 1.33 bits per heavy atom. The average Bonchev–Trinajstić information content (AvgIpc) is 3.19. The quantitative estimate of drug-likeness (QED) is 0.582. The van der Waals surface area contributed by atoms with Gasteiger partial charge in [0.2, 0.25) is 11.8 Å². The van der Waals surface area contributed by atoms with Crippen molar-refractivity contribution in [2.24, 2.45) is 0 Å². The molecular weight excluding hydrogens is 402 g/mol. The first kappa shape index (κ1) is 20.8. The first-order valence-electron chi connectivity index (χ1n) is 10.3. The van der Waals surface area contributed by atoms with Gasteiger partial charge < -0.3 is 20.5 Å². The number of hydrogen-bond donors (Lipinski definition) is 3. The summed E-state index contributed by atoms with van der Waals surface area (Å²) in [6.07, 6.45) is 7.91. The van der Waals surface area contributed by atoms with Crippen molar-refractivity contribution in [3.63, 3.8) is 0 Å². The van der Waals surface area contributed by atoms with Gasteiger partial charge in [-0.15, -0.1) is 0 Å². The zero-order chi connectivity index (χ0) is 20.9. The molecule has 3 atom stereocenters. The average molecular weight is 430 g/mol. The Morgan fingerprint density at radius 3 is 2.80 bits per heavy atom. The van der Waals surface area contributed by atoms with Gasteiger partial charge in [0.05, 0.1) is 24.7 Å². The number of aromatic nitrogens is 3. The predicted octanol–water partition coefficient (Wildman–Crippen LogP) is 2.89. The summed E-state index contributed by atoms with van der Waals surface area (Å²) in [4.78, 5) is 16.6. The summed E-state index contributed by atoms with van der Waals surface area (Å²) in [6, 6.07) is 5.33. The smallest absolute Gasteiger partial charge is 0.228 e. The molecule has 0 aliphatic carbocycles. The van der Waals surface area contributed by atoms with E-state index < -0.39 is 0 Å². The monoisotopic (exact) mass is 429 g/mol. The lowest BCUT2D eigenvalue weighted by atomic mass is 9.81. The molecule has 2 aliphatic rings. The molecule has 4 heterocycles. The van der Waals surface area contributed by atoms with Gasteiger partial charge in [-0.3, -0.25) is 4.90 Å². The Labute approximate surface area is 180 Å². The van der Waals surface area contributed by atoms with Crippen molar-refractivity contribution in [2.75, 3.05) is 24.3 Å². The van der Waals surface area contributed by atoms with Crippen LogP contribution in [-0.2, 0) is 6.61 Å². The molecule has 0 unspecified atom stereocenters. The minimum absolute atomic E-state index is 0.0331. The molecule has 0 spiro atoms. The third kappa shape index (κ3) is 4.80. The van der Waals surface area contributed by atoms with Crippen LogP contribution in [0.1, 0.15) is 43.4 Å². The Hall–Kier alpha value is -2.48. The van der Waals surface area contributed by atoms with Crippen LogP contribution in [0.5, 0.6) is 5.88 Å². The van der Waals surface area contributed by atoms with Gasteiger partial charge in [-0.1, -0.05) is 17.8 Å². The maximum absolute atomic E-state index is 9.23. The lowest BCUT2D eigenvalue weighted by Crippen LogP contribution is -2.55. The van der Waals surface area contributed by atoms with Gasteiger partial charge in [0.25, 0.3) is 0 Å². The fourth-order valence-electron chi connectivity index (χ4n) is 4.53. The number of hydrogen-bond acceptors (Lipinski definition) is 10. The number of methoxy groups -OCH3 is 1. The van der Waals surface area contributed by atoms with E-state index in [2.05, 4.69) is 36.6 Å². The maximum atomic E-state index is 9.23. The van der Waals surface area contributed by atoms with Crippen LogP contribution in [0.15, 0.2) is 12.3 Å². The first-order chi connectivity index (χ1) is 14.7. The summed E-state index contributed by atoms with van der Waals surface area (Å²) in [5.74, 6) is 1.60. The van der Waals surface area contributed by atoms with Crippen LogP contribution in [0.2, 0.25) is 0 Å². The largest absolute Gasteiger partial charge is 0.481 e. The standard InChI is InChI=1S/C20H27N7O2S/c1-29-18-10-17(25-20-22-11-16(12-28)30-20)24-19(26-18)23-13-8-14-4-2-5-15(9-13)27(14)7-3-6-21/h10-11,13-15,28H,2-5,7-9,12H2,1H3,(H2,22,23,24,25,26)/t13-,14-,15+. The fraction of sp³-hybridized carbons (Fsp3) is 0.600. The SMILES string of the molecule is COc1cc(Nc2ncc(CO)s2)nc(N[C@@H]2C[C@H]3CCC[C@@H](C2)N3CCC#N)n1. The number of aliphatic hydroxyl groups excluding tert-OH is 1. The van der Waals surface area contributed by atoms with Crippen molar-refractivity contribution in [3.8, 4) is 11.9 Å². The Kier molecular flexibility index (Phi) is 6.62. The van der Waals surface area contributed by atoms with Crippen molar-refractivity contribution < 1.29 is 9.84 Å². The van der Waals surface area contributed by atoms with Gasteiger partial charge >= 0.3 is 0 Å². The van der Waals surface area contributed by atoms with E-state index in [1.807, 2.05) is 0 Å². The predicted molar refractivity (Wildman–Crippen MR) is 115 cm³/mol. The molecule has 0 amide bonds. The van der Waals surface area contributed by atoms with E-state index in [-0.39, 0.29) is 6.61 Å². The zero-order valence-corrected chi connectivity index (χ0v) is 17.9. The van der Waals surface area contributed by atoms with Crippen LogP contribution in [0.3, 0.4) is 0 Å². The van der Waals surface area contributed by atoms with Crippen LogP contribution in [0.4, 0.5) is 16.9 Å². The normalized spacial score (nSPS) is 23.6. The van der Waals surface area contributed by atoms with E-state index in [4.69, 9.17) is 10.00 Å². The second-order valence-corrected chi connectivity index (χ2v) is 8.85. The number of nitrogens with one attached hydrogen (secondary N) is 2. The second-order valence-electron chi connectivity index (χ2n) is 7.73. The zero-order valence-electron chi connectivity index (χ0n) is 17.0. The van der Waals surface area contributed by atoms with Crippen molar-refractivity contribution in [1.82, 2.24) is 19.9 Å². The minimum atomic E-state index is -0.0331. The lowest BCUT2D eigenvalue weighted by Gasteiger charge is -2.48. The highest BCUT2D eigenvalue weighted by Gasteiger charge is 2.38. The number of ether oxygens (including phenoxy) is 1. The number of fused-ring (bicyclic) bond motifs is 2. The third-order valence-electron chi connectivity index (χ3n) is 5.80. The van der Waals surface area contributed by atoms with E-state index in [1.165, 1.54) is 30.6 Å². The molecule has 2 aromatic heterocycles. The van der Waals surface area contributed by atoms with Gasteiger partial charge in [-0.2, -0.15) is 15.2 Å². The second kappa shape index (κ2) is 9.55. The number of thiazole rings is 1. The number of rotatable bonds is 8. The van der Waals surface area contributed by atoms with Gasteiger partial charge in [0.15, 0.2) is 5.13 Å². The summed E-state index contributed by atoms with van der Waals surface area (Å²) in [7, 11) is 1.58. The number of nitriles is 1. The summed E-state index contributed by atoms with van der Waals surface area (Å²) >= 11 is 1.38. The highest BCUT2D eigenvalue weighted by Crippen LogP contribution is 2.35. The van der Waals surface area contributed by atoms with Crippen molar-refractivity contribution in [3.05, 3.63) is 17.1 Å². The molecule has 2 aromatic rings. The molecule has 2 saturated heterocycles. The molecule has 2 fully saturated rings. The molecule has 0 saturated carbocycles. The molecule has 0 radical (unpaired) electrons. The first-order valence-corrected chi connectivity index (χ1v) is 11.1. The fourth-order valence-corrected chi connectivity index (χ4v) is 5.21. The Balaban J connectivity index is 1.45. The molecule has 10 heteroatoms. The Bertz CT molecular complexity index is 886. The molecule has 2 bridgehead atoms. The molecule has 9 nitrogen and oxygen atoms in total. The van der Waals surface area contributed by atoms with E-state index >= 15 is 0 Å². The van der Waals surface area contributed by atoms with E-state index in [0.29, 0.717) is 47.3 Å². The number of piperidine rings is 2. The molecular formula is C20H27N7O2S. The van der Waals surface area contributed by atoms with Crippen LogP contribution < -0.4 is 15.4 Å². The molecule has 3 N–H and O–H groups in total. The van der Waals surface area contributed by atoms with E-state index in [1.54, 1.807) is 19.4 Å². The third-order valence-corrected chi connectivity index (χ3v) is 6.69. The Morgan fingerprint density at radius 2 is 2.13 bits per heavy atom. The molecule has 160 valence electrons. The summed E-state index contributed by atoms with van der Waals surface area (Å²) in [6.45, 7) is 0.834. The molecule has 0 aromatic carbocycles. The molecule has 30 heavy (non-hydrogen) atoms. The number of nitrogens with zero attached hydrogens (tertiary/aromatic N) is 5. The van der Waals surface area contributed by atoms with Crippen LogP contribution >= 0.6 is 11.3 Å². The van der Waals surface area contributed by atoms with Gasteiger partial charge in [0.1, 0.15) is 5.82 Å². The molecule has 4 rings (SSSR count). The minimum Gasteiger partial charge on any atom is -0.481 e. The van der Waals surface area contributed by atoms with Crippen molar-refractivity contribution in [2.45, 2.75) is 63.3 Å². The van der Waals surface area contributed by atoms with Crippen LogP contribution in [0, 0.1) is 11.3 Å². The molecule has 2 aliphatic heterocycles. The van der Waals surface area contributed by atoms with E-state index in [9.17, 15) is 5.11 Å². The highest BCUT2D eigenvalue weighted by atomic mass is 32.1. The van der Waals surface area contributed by atoms with E-state index in [0.717, 1.165) is 24.3 Å².